The van der Waals surface area contributed by atoms with Gasteiger partial charge in [0.1, 0.15) is 0 Å². The van der Waals surface area contributed by atoms with Gasteiger partial charge in [-0.05, 0) is 35.0 Å². The van der Waals surface area contributed by atoms with Crippen molar-refractivity contribution in [2.75, 3.05) is 0 Å². The van der Waals surface area contributed by atoms with Crippen LogP contribution in [-0.2, 0) is 6.54 Å². The van der Waals surface area contributed by atoms with Crippen LogP contribution in [0.4, 0.5) is 0 Å². The molecule has 0 aliphatic rings. The average Bonchev–Trinajstić information content (AvgIpc) is 2.47. The monoisotopic (exact) mass is 266 g/mol. The molecule has 3 rings (SSSR count). The lowest BCUT2D eigenvalue weighted by molar-refractivity contribution is 0.976. The quantitative estimate of drug-likeness (QED) is 0.782. The van der Waals surface area contributed by atoms with Crippen LogP contribution in [0.15, 0.2) is 70.6 Å². The van der Waals surface area contributed by atoms with Gasteiger partial charge >= 0.3 is 0 Å². The molecule has 2 N–H and O–H groups in total. The van der Waals surface area contributed by atoms with Gasteiger partial charge in [0.05, 0.1) is 5.69 Å². The summed E-state index contributed by atoms with van der Waals surface area (Å²) >= 11 is 1.74. The zero-order chi connectivity index (χ0) is 13.1. The molecule has 0 fully saturated rings. The van der Waals surface area contributed by atoms with E-state index >= 15 is 0 Å². The van der Waals surface area contributed by atoms with E-state index in [2.05, 4.69) is 47.4 Å². The Morgan fingerprint density at radius 2 is 1.68 bits per heavy atom. The predicted molar refractivity (Wildman–Crippen MR) is 80.2 cm³/mol. The first-order chi connectivity index (χ1) is 9.35. The molecule has 0 saturated carbocycles. The number of nitrogens with two attached hydrogens (primary N) is 1. The summed E-state index contributed by atoms with van der Waals surface area (Å²) in [5, 5.41) is 2.53. The number of fused-ring (bicyclic) bond motifs is 1. The predicted octanol–water partition coefficient (Wildman–Crippen LogP) is 3.84. The largest absolute Gasteiger partial charge is 0.325 e. The van der Waals surface area contributed by atoms with Crippen molar-refractivity contribution in [3.8, 4) is 0 Å². The SMILES string of the molecule is NCc1cc(Sc2ccc3ccccc3c2)ccn1. The van der Waals surface area contributed by atoms with Gasteiger partial charge in [0.2, 0.25) is 0 Å². The molecule has 94 valence electrons. The highest BCUT2D eigenvalue weighted by molar-refractivity contribution is 7.99. The van der Waals surface area contributed by atoms with Crippen LogP contribution < -0.4 is 5.73 Å². The molecule has 19 heavy (non-hydrogen) atoms. The van der Waals surface area contributed by atoms with Crippen LogP contribution in [-0.4, -0.2) is 4.98 Å². The molecule has 1 aromatic heterocycles. The minimum Gasteiger partial charge on any atom is -0.325 e. The number of hydrogen-bond acceptors (Lipinski definition) is 3. The third-order valence-corrected chi connectivity index (χ3v) is 3.93. The first-order valence-electron chi connectivity index (χ1n) is 6.17. The molecule has 0 saturated heterocycles. The van der Waals surface area contributed by atoms with Crippen molar-refractivity contribution in [1.82, 2.24) is 4.98 Å². The van der Waals surface area contributed by atoms with E-state index < -0.39 is 0 Å². The van der Waals surface area contributed by atoms with Crippen molar-refractivity contribution < 1.29 is 0 Å². The van der Waals surface area contributed by atoms with Crippen molar-refractivity contribution in [3.63, 3.8) is 0 Å². The van der Waals surface area contributed by atoms with Crippen molar-refractivity contribution >= 4 is 22.5 Å². The second kappa shape index (κ2) is 5.43. The fourth-order valence-electron chi connectivity index (χ4n) is 2.00. The van der Waals surface area contributed by atoms with Gasteiger partial charge in [-0.15, -0.1) is 0 Å². The number of rotatable bonds is 3. The Hall–Kier alpha value is -1.84. The average molecular weight is 266 g/mol. The van der Waals surface area contributed by atoms with Gasteiger partial charge < -0.3 is 5.73 Å². The van der Waals surface area contributed by atoms with Crippen LogP contribution in [0.2, 0.25) is 0 Å². The summed E-state index contributed by atoms with van der Waals surface area (Å²) in [6.07, 6.45) is 1.81. The summed E-state index contributed by atoms with van der Waals surface area (Å²) in [5.74, 6) is 0. The summed E-state index contributed by atoms with van der Waals surface area (Å²) in [6.45, 7) is 0.478. The first-order valence-corrected chi connectivity index (χ1v) is 6.98. The molecule has 0 bridgehead atoms. The van der Waals surface area contributed by atoms with Crippen molar-refractivity contribution in [1.29, 1.82) is 0 Å². The van der Waals surface area contributed by atoms with E-state index in [4.69, 9.17) is 5.73 Å². The van der Waals surface area contributed by atoms with Gasteiger partial charge in [-0.1, -0.05) is 42.1 Å². The van der Waals surface area contributed by atoms with E-state index in [-0.39, 0.29) is 0 Å². The highest BCUT2D eigenvalue weighted by Crippen LogP contribution is 2.30. The van der Waals surface area contributed by atoms with E-state index in [1.165, 1.54) is 20.6 Å². The Kier molecular flexibility index (Phi) is 3.49. The van der Waals surface area contributed by atoms with Gasteiger partial charge in [0.15, 0.2) is 0 Å². The van der Waals surface area contributed by atoms with E-state index in [9.17, 15) is 0 Å². The summed E-state index contributed by atoms with van der Waals surface area (Å²) in [7, 11) is 0. The molecule has 0 spiro atoms. The third kappa shape index (κ3) is 2.78. The van der Waals surface area contributed by atoms with Crippen LogP contribution in [0, 0.1) is 0 Å². The molecule has 3 heteroatoms. The van der Waals surface area contributed by atoms with Crippen LogP contribution in [0.1, 0.15) is 5.69 Å². The zero-order valence-corrected chi connectivity index (χ0v) is 11.2. The number of pyridine rings is 1. The second-order valence-electron chi connectivity index (χ2n) is 4.30. The topological polar surface area (TPSA) is 38.9 Å². The first kappa shape index (κ1) is 12.2. The van der Waals surface area contributed by atoms with Crippen LogP contribution >= 0.6 is 11.8 Å². The molecule has 0 aliphatic carbocycles. The van der Waals surface area contributed by atoms with E-state index in [0.717, 1.165) is 5.69 Å². The van der Waals surface area contributed by atoms with Crippen LogP contribution in [0.25, 0.3) is 10.8 Å². The maximum atomic E-state index is 5.61. The van der Waals surface area contributed by atoms with Crippen molar-refractivity contribution in [3.05, 3.63) is 66.5 Å². The number of nitrogens with zero attached hydrogens (tertiary/aromatic N) is 1. The fraction of sp³-hybridized carbons (Fsp3) is 0.0625. The maximum absolute atomic E-state index is 5.61. The van der Waals surface area contributed by atoms with Crippen molar-refractivity contribution in [2.24, 2.45) is 5.73 Å². The second-order valence-corrected chi connectivity index (χ2v) is 5.44. The Labute approximate surface area is 116 Å². The molecule has 0 aliphatic heterocycles. The minimum absolute atomic E-state index is 0.478. The number of hydrogen-bond donors (Lipinski definition) is 1. The number of benzene rings is 2. The standard InChI is InChI=1S/C16H14N2S/c17-11-14-10-16(7-8-18-14)19-15-6-5-12-3-1-2-4-13(12)9-15/h1-10H,11,17H2. The molecule has 0 atom stereocenters. The van der Waals surface area contributed by atoms with Gasteiger partial charge in [0, 0.05) is 22.5 Å². The molecular weight excluding hydrogens is 252 g/mol. The highest BCUT2D eigenvalue weighted by Gasteiger charge is 2.00. The van der Waals surface area contributed by atoms with E-state index in [1.54, 1.807) is 11.8 Å². The smallest absolute Gasteiger partial charge is 0.0550 e. The Bertz CT molecular complexity index is 710. The Balaban J connectivity index is 1.92. The van der Waals surface area contributed by atoms with Crippen LogP contribution in [0.5, 0.6) is 0 Å². The molecular formula is C16H14N2S. The lowest BCUT2D eigenvalue weighted by Gasteiger charge is -2.05. The molecule has 2 aromatic carbocycles. The lowest BCUT2D eigenvalue weighted by Crippen LogP contribution is -1.98. The molecule has 0 amide bonds. The molecule has 0 radical (unpaired) electrons. The minimum atomic E-state index is 0.478. The van der Waals surface area contributed by atoms with E-state index in [0.29, 0.717) is 6.54 Å². The summed E-state index contributed by atoms with van der Waals surface area (Å²) in [5.41, 5.74) is 6.54. The maximum Gasteiger partial charge on any atom is 0.0550 e. The molecule has 1 heterocycles. The van der Waals surface area contributed by atoms with Gasteiger partial charge in [-0.25, -0.2) is 0 Å². The summed E-state index contributed by atoms with van der Waals surface area (Å²) in [6, 6.07) is 19.0. The normalized spacial score (nSPS) is 10.8. The zero-order valence-electron chi connectivity index (χ0n) is 10.4. The fourth-order valence-corrected chi connectivity index (χ4v) is 2.92. The Morgan fingerprint density at radius 1 is 0.895 bits per heavy atom. The summed E-state index contributed by atoms with van der Waals surface area (Å²) in [4.78, 5) is 6.61. The lowest BCUT2D eigenvalue weighted by atomic mass is 10.1. The van der Waals surface area contributed by atoms with Gasteiger partial charge in [-0.3, -0.25) is 4.98 Å². The Morgan fingerprint density at radius 3 is 2.53 bits per heavy atom. The van der Waals surface area contributed by atoms with Gasteiger partial charge in [0.25, 0.3) is 0 Å². The highest BCUT2D eigenvalue weighted by atomic mass is 32.2. The number of aromatic nitrogens is 1. The van der Waals surface area contributed by atoms with E-state index in [1.807, 2.05) is 18.3 Å². The molecule has 2 nitrogen and oxygen atoms in total. The molecule has 3 aromatic rings. The molecule has 0 unspecified atom stereocenters. The van der Waals surface area contributed by atoms with Gasteiger partial charge in [-0.2, -0.15) is 0 Å². The summed E-state index contributed by atoms with van der Waals surface area (Å²) < 4.78 is 0. The van der Waals surface area contributed by atoms with Crippen LogP contribution in [0.3, 0.4) is 0 Å². The third-order valence-electron chi connectivity index (χ3n) is 2.95. The van der Waals surface area contributed by atoms with Crippen molar-refractivity contribution in [2.45, 2.75) is 16.3 Å².